The third-order valence-electron chi connectivity index (χ3n) is 3.59. The molecule has 22 heavy (non-hydrogen) atoms. The molecule has 0 aliphatic carbocycles. The fourth-order valence-corrected chi connectivity index (χ4v) is 3.34. The van der Waals surface area contributed by atoms with Gasteiger partial charge in [0.15, 0.2) is 0 Å². The fourth-order valence-electron chi connectivity index (χ4n) is 2.49. The van der Waals surface area contributed by atoms with Gasteiger partial charge in [-0.05, 0) is 54.2 Å². The third kappa shape index (κ3) is 3.29. The van der Waals surface area contributed by atoms with E-state index in [0.29, 0.717) is 0 Å². The molecule has 1 atom stereocenters. The van der Waals surface area contributed by atoms with E-state index in [-0.39, 0.29) is 11.9 Å². The monoisotopic (exact) mass is 315 g/mol. The van der Waals surface area contributed by atoms with Gasteiger partial charge in [-0.25, -0.2) is 4.39 Å². The van der Waals surface area contributed by atoms with Crippen molar-refractivity contribution in [2.75, 3.05) is 13.6 Å². The highest BCUT2D eigenvalue weighted by Gasteiger charge is 2.15. The Morgan fingerprint density at radius 2 is 2.05 bits per heavy atom. The average Bonchev–Trinajstić information content (AvgIpc) is 3.00. The molecule has 1 heterocycles. The Bertz CT molecular complexity index is 755. The van der Waals surface area contributed by atoms with Crippen LogP contribution in [-0.2, 0) is 0 Å². The van der Waals surface area contributed by atoms with Crippen molar-refractivity contribution < 1.29 is 9.13 Å². The van der Waals surface area contributed by atoms with Gasteiger partial charge in [0, 0.05) is 6.42 Å². The maximum atomic E-state index is 13.5. The maximum Gasteiger partial charge on any atom is 0.138 e. The minimum atomic E-state index is -0.232. The molecule has 0 unspecified atom stereocenters. The molecule has 0 bridgehead atoms. The number of benzene rings is 2. The highest BCUT2D eigenvalue weighted by molar-refractivity contribution is 7.17. The number of rotatable bonds is 6. The van der Waals surface area contributed by atoms with Gasteiger partial charge >= 0.3 is 0 Å². The SMILES string of the molecule is CNCC[C@@H](Oc1cccc2ccsc12)c1cccc(F)c1. The van der Waals surface area contributed by atoms with E-state index in [9.17, 15) is 4.39 Å². The summed E-state index contributed by atoms with van der Waals surface area (Å²) in [5.74, 6) is 0.628. The number of hydrogen-bond acceptors (Lipinski definition) is 3. The predicted octanol–water partition coefficient (Wildman–Crippen LogP) is 4.77. The van der Waals surface area contributed by atoms with E-state index in [1.54, 1.807) is 23.5 Å². The first-order chi connectivity index (χ1) is 10.8. The van der Waals surface area contributed by atoms with E-state index in [1.165, 1.54) is 11.5 Å². The van der Waals surface area contributed by atoms with Crippen LogP contribution in [0.1, 0.15) is 18.1 Å². The van der Waals surface area contributed by atoms with Crippen molar-refractivity contribution in [3.8, 4) is 5.75 Å². The van der Waals surface area contributed by atoms with E-state index in [0.717, 1.165) is 29.0 Å². The molecule has 3 aromatic rings. The molecular weight excluding hydrogens is 297 g/mol. The van der Waals surface area contributed by atoms with Crippen molar-refractivity contribution in [2.45, 2.75) is 12.5 Å². The lowest BCUT2D eigenvalue weighted by Gasteiger charge is -2.20. The predicted molar refractivity (Wildman–Crippen MR) is 90.1 cm³/mol. The topological polar surface area (TPSA) is 21.3 Å². The molecule has 0 radical (unpaired) electrons. The minimum Gasteiger partial charge on any atom is -0.484 e. The molecule has 0 saturated heterocycles. The summed E-state index contributed by atoms with van der Waals surface area (Å²) in [4.78, 5) is 0. The zero-order valence-electron chi connectivity index (χ0n) is 12.4. The molecule has 0 aliphatic heterocycles. The average molecular weight is 315 g/mol. The number of nitrogens with one attached hydrogen (secondary N) is 1. The second-order valence-electron chi connectivity index (χ2n) is 5.15. The van der Waals surface area contributed by atoms with E-state index in [4.69, 9.17) is 4.74 Å². The number of thiophene rings is 1. The molecule has 3 rings (SSSR count). The number of fused-ring (bicyclic) bond motifs is 1. The largest absolute Gasteiger partial charge is 0.484 e. The molecule has 1 aromatic heterocycles. The van der Waals surface area contributed by atoms with Crippen molar-refractivity contribution >= 4 is 21.4 Å². The van der Waals surface area contributed by atoms with Gasteiger partial charge in [-0.15, -0.1) is 11.3 Å². The second-order valence-corrected chi connectivity index (χ2v) is 6.06. The highest BCUT2D eigenvalue weighted by atomic mass is 32.1. The van der Waals surface area contributed by atoms with Crippen LogP contribution in [0.25, 0.3) is 10.1 Å². The summed E-state index contributed by atoms with van der Waals surface area (Å²) in [6.45, 7) is 0.807. The van der Waals surface area contributed by atoms with Gasteiger partial charge in [-0.2, -0.15) is 0 Å². The number of hydrogen-bond donors (Lipinski definition) is 1. The molecule has 114 valence electrons. The van der Waals surface area contributed by atoms with E-state index < -0.39 is 0 Å². The summed E-state index contributed by atoms with van der Waals surface area (Å²) in [5, 5.41) is 6.36. The molecule has 0 spiro atoms. The van der Waals surface area contributed by atoms with Gasteiger partial charge in [0.2, 0.25) is 0 Å². The molecule has 0 amide bonds. The fraction of sp³-hybridized carbons (Fsp3) is 0.222. The molecule has 0 aliphatic rings. The first kappa shape index (κ1) is 15.0. The molecule has 2 aromatic carbocycles. The molecule has 0 saturated carbocycles. The quantitative estimate of drug-likeness (QED) is 0.707. The lowest BCUT2D eigenvalue weighted by Crippen LogP contribution is -2.16. The Hall–Kier alpha value is -1.91. The van der Waals surface area contributed by atoms with Gasteiger partial charge in [-0.3, -0.25) is 0 Å². The first-order valence-electron chi connectivity index (χ1n) is 7.31. The molecule has 0 fully saturated rings. The Labute approximate surface area is 133 Å². The summed E-state index contributed by atoms with van der Waals surface area (Å²) < 4.78 is 20.9. The zero-order valence-corrected chi connectivity index (χ0v) is 13.2. The van der Waals surface area contributed by atoms with Crippen LogP contribution in [-0.4, -0.2) is 13.6 Å². The van der Waals surface area contributed by atoms with Crippen molar-refractivity contribution in [2.24, 2.45) is 0 Å². The summed E-state index contributed by atoms with van der Waals surface area (Å²) in [7, 11) is 1.91. The molecule has 4 heteroatoms. The van der Waals surface area contributed by atoms with Crippen LogP contribution in [0, 0.1) is 5.82 Å². The Kier molecular flexibility index (Phi) is 4.71. The zero-order chi connectivity index (χ0) is 15.4. The van der Waals surface area contributed by atoms with Crippen LogP contribution in [0.4, 0.5) is 4.39 Å². The first-order valence-corrected chi connectivity index (χ1v) is 8.19. The smallest absolute Gasteiger partial charge is 0.138 e. The Morgan fingerprint density at radius 1 is 1.18 bits per heavy atom. The van der Waals surface area contributed by atoms with Gasteiger partial charge in [0.25, 0.3) is 0 Å². The van der Waals surface area contributed by atoms with Gasteiger partial charge in [0.05, 0.1) is 4.70 Å². The van der Waals surface area contributed by atoms with Crippen LogP contribution in [0.3, 0.4) is 0 Å². The molecule has 2 nitrogen and oxygen atoms in total. The second kappa shape index (κ2) is 6.90. The Morgan fingerprint density at radius 3 is 2.86 bits per heavy atom. The summed E-state index contributed by atoms with van der Waals surface area (Å²) in [6, 6.07) is 14.8. The van der Waals surface area contributed by atoms with Crippen LogP contribution in [0.2, 0.25) is 0 Å². The van der Waals surface area contributed by atoms with Crippen molar-refractivity contribution in [1.29, 1.82) is 0 Å². The molecular formula is C18H18FNOS. The molecule has 1 N–H and O–H groups in total. The minimum absolute atomic E-state index is 0.171. The van der Waals surface area contributed by atoms with E-state index >= 15 is 0 Å². The number of halogens is 1. The highest BCUT2D eigenvalue weighted by Crippen LogP contribution is 2.34. The van der Waals surface area contributed by atoms with E-state index in [2.05, 4.69) is 22.8 Å². The van der Waals surface area contributed by atoms with Crippen LogP contribution in [0.15, 0.2) is 53.9 Å². The van der Waals surface area contributed by atoms with Crippen molar-refractivity contribution in [3.63, 3.8) is 0 Å². The summed E-state index contributed by atoms with van der Waals surface area (Å²) >= 11 is 1.66. The van der Waals surface area contributed by atoms with Gasteiger partial charge in [-0.1, -0.05) is 24.3 Å². The van der Waals surface area contributed by atoms with Crippen LogP contribution in [0.5, 0.6) is 5.75 Å². The van der Waals surface area contributed by atoms with Gasteiger partial charge < -0.3 is 10.1 Å². The van der Waals surface area contributed by atoms with Crippen LogP contribution >= 0.6 is 11.3 Å². The summed E-state index contributed by atoms with van der Waals surface area (Å²) in [5.41, 5.74) is 0.865. The van der Waals surface area contributed by atoms with Gasteiger partial charge in [0.1, 0.15) is 17.7 Å². The third-order valence-corrected chi connectivity index (χ3v) is 4.53. The van der Waals surface area contributed by atoms with Crippen LogP contribution < -0.4 is 10.1 Å². The van der Waals surface area contributed by atoms with Crippen molar-refractivity contribution in [1.82, 2.24) is 5.32 Å². The lowest BCUT2D eigenvalue weighted by molar-refractivity contribution is 0.197. The normalized spacial score (nSPS) is 12.5. The van der Waals surface area contributed by atoms with E-state index in [1.807, 2.05) is 25.2 Å². The van der Waals surface area contributed by atoms with Crippen molar-refractivity contribution in [3.05, 3.63) is 65.3 Å². The Balaban J connectivity index is 1.91. The number of ether oxygens (including phenoxy) is 1. The standard InChI is InChI=1S/C18H18FNOS/c1-20-10-8-16(14-5-2-6-15(19)12-14)21-17-7-3-4-13-9-11-22-18(13)17/h2-7,9,11-12,16,20H,8,10H2,1H3/t16-/m1/s1. The summed E-state index contributed by atoms with van der Waals surface area (Å²) in [6.07, 6.45) is 0.609. The lowest BCUT2D eigenvalue weighted by atomic mass is 10.1. The maximum absolute atomic E-state index is 13.5.